The van der Waals surface area contributed by atoms with E-state index in [1.54, 1.807) is 0 Å². The number of nitrogens with zero attached hydrogens (tertiary/aromatic N) is 1. The molecule has 5 N–H and O–H groups in total. The highest BCUT2D eigenvalue weighted by atomic mass is 16.2. The fourth-order valence-electron chi connectivity index (χ4n) is 2.20. The Kier molecular flexibility index (Phi) is 3.38. The van der Waals surface area contributed by atoms with Crippen molar-refractivity contribution in [2.45, 2.75) is 12.0 Å². The molecule has 5 amide bonds. The van der Waals surface area contributed by atoms with Crippen molar-refractivity contribution in [3.8, 4) is 0 Å². The predicted octanol–water partition coefficient (Wildman–Crippen LogP) is -3.13. The van der Waals surface area contributed by atoms with Crippen LogP contribution in [0.15, 0.2) is 0 Å². The molecule has 0 aromatic carbocycles. The lowest BCUT2D eigenvalue weighted by Gasteiger charge is -2.21. The molecule has 2 rings (SSSR count). The monoisotopic (exact) mass is 269 g/mol. The van der Waals surface area contributed by atoms with E-state index in [0.717, 1.165) is 0 Å². The third-order valence-electron chi connectivity index (χ3n) is 3.26. The minimum absolute atomic E-state index is 0.113. The van der Waals surface area contributed by atoms with Gasteiger partial charge in [0.05, 0.1) is 19.6 Å². The van der Waals surface area contributed by atoms with Gasteiger partial charge in [-0.3, -0.25) is 19.7 Å². The summed E-state index contributed by atoms with van der Waals surface area (Å²) in [5.41, 5.74) is 4.08. The molecule has 0 bridgehead atoms. The molecule has 19 heavy (non-hydrogen) atoms. The van der Waals surface area contributed by atoms with E-state index < -0.39 is 23.4 Å². The molecule has 0 aromatic rings. The van der Waals surface area contributed by atoms with Crippen LogP contribution in [0, 0.1) is 0 Å². The second kappa shape index (κ2) is 4.84. The van der Waals surface area contributed by atoms with Gasteiger partial charge in [0.2, 0.25) is 11.8 Å². The van der Waals surface area contributed by atoms with Gasteiger partial charge in [0.25, 0.3) is 5.91 Å². The number of likely N-dealkylation sites (tertiary alicyclic amines) is 1. The summed E-state index contributed by atoms with van der Waals surface area (Å²) >= 11 is 0. The summed E-state index contributed by atoms with van der Waals surface area (Å²) in [5.74, 6) is -1.15. The van der Waals surface area contributed by atoms with Gasteiger partial charge in [0.15, 0.2) is 0 Å². The molecule has 104 valence electrons. The number of hydrogen-bond donors (Lipinski definition) is 4. The third kappa shape index (κ3) is 2.50. The Morgan fingerprint density at radius 2 is 2.16 bits per heavy atom. The number of amides is 5. The lowest BCUT2D eigenvalue weighted by atomic mass is 10.00. The summed E-state index contributed by atoms with van der Waals surface area (Å²) in [5, 5.41) is 7.06. The van der Waals surface area contributed by atoms with Gasteiger partial charge in [-0.25, -0.2) is 4.79 Å². The summed E-state index contributed by atoms with van der Waals surface area (Å²) < 4.78 is 0. The van der Waals surface area contributed by atoms with Crippen LogP contribution in [0.4, 0.5) is 4.79 Å². The highest BCUT2D eigenvalue weighted by Gasteiger charge is 2.51. The molecule has 0 aliphatic carbocycles. The molecule has 0 radical (unpaired) electrons. The zero-order valence-corrected chi connectivity index (χ0v) is 10.2. The van der Waals surface area contributed by atoms with E-state index >= 15 is 0 Å². The van der Waals surface area contributed by atoms with Gasteiger partial charge in [-0.1, -0.05) is 0 Å². The molecular formula is C10H15N5O4. The Bertz CT molecular complexity index is 451. The number of hydrogen-bond acceptors (Lipinski definition) is 5. The Morgan fingerprint density at radius 3 is 2.74 bits per heavy atom. The van der Waals surface area contributed by atoms with Crippen LogP contribution in [0.25, 0.3) is 0 Å². The maximum absolute atomic E-state index is 11.8. The predicted molar refractivity (Wildman–Crippen MR) is 62.7 cm³/mol. The van der Waals surface area contributed by atoms with E-state index in [2.05, 4.69) is 16.0 Å². The zero-order valence-electron chi connectivity index (χ0n) is 10.2. The number of carbonyl (C=O) groups excluding carboxylic acids is 4. The number of nitrogens with one attached hydrogen (secondary N) is 3. The van der Waals surface area contributed by atoms with Crippen molar-refractivity contribution in [1.82, 2.24) is 20.9 Å². The van der Waals surface area contributed by atoms with E-state index in [1.807, 2.05) is 0 Å². The first kappa shape index (κ1) is 13.3. The van der Waals surface area contributed by atoms with E-state index in [4.69, 9.17) is 5.73 Å². The van der Waals surface area contributed by atoms with E-state index in [0.29, 0.717) is 13.0 Å². The van der Waals surface area contributed by atoms with E-state index in [1.165, 1.54) is 4.90 Å². The normalized spacial score (nSPS) is 25.4. The number of carbonyl (C=O) groups is 4. The van der Waals surface area contributed by atoms with Crippen LogP contribution in [0.5, 0.6) is 0 Å². The van der Waals surface area contributed by atoms with E-state index in [9.17, 15) is 19.2 Å². The molecule has 2 aliphatic rings. The molecule has 9 heteroatoms. The first-order valence-corrected chi connectivity index (χ1v) is 5.85. The standard InChI is InChI=1S/C10H15N5O4/c11-3-6(16)12-4-7(17)15-2-1-10(5-15)8(18)13-9(19)14-10/h1-5,11H2,(H,12,16)(H2,13,14,18,19). The van der Waals surface area contributed by atoms with Crippen LogP contribution in [0.3, 0.4) is 0 Å². The third-order valence-corrected chi connectivity index (χ3v) is 3.26. The number of nitrogens with two attached hydrogens (primary N) is 1. The highest BCUT2D eigenvalue weighted by Crippen LogP contribution is 2.24. The molecule has 9 nitrogen and oxygen atoms in total. The number of urea groups is 1. The van der Waals surface area contributed by atoms with E-state index in [-0.39, 0.29) is 25.5 Å². The average molecular weight is 269 g/mol. The van der Waals surface area contributed by atoms with Crippen molar-refractivity contribution in [2.75, 3.05) is 26.2 Å². The van der Waals surface area contributed by atoms with Gasteiger partial charge >= 0.3 is 6.03 Å². The van der Waals surface area contributed by atoms with Gasteiger partial charge in [0.1, 0.15) is 5.54 Å². The Labute approximate surface area is 108 Å². The maximum atomic E-state index is 11.8. The quantitative estimate of drug-likeness (QED) is 0.402. The first-order chi connectivity index (χ1) is 8.97. The van der Waals surface area contributed by atoms with Gasteiger partial charge in [0, 0.05) is 6.54 Å². The first-order valence-electron chi connectivity index (χ1n) is 5.85. The summed E-state index contributed by atoms with van der Waals surface area (Å²) in [6.07, 6.45) is 0.362. The van der Waals surface area contributed by atoms with Crippen LogP contribution in [0.1, 0.15) is 6.42 Å². The molecule has 1 atom stereocenters. The largest absolute Gasteiger partial charge is 0.346 e. The lowest BCUT2D eigenvalue weighted by Crippen LogP contribution is -2.50. The summed E-state index contributed by atoms with van der Waals surface area (Å²) in [6, 6.07) is -0.546. The zero-order chi connectivity index (χ0) is 14.0. The Balaban J connectivity index is 1.91. The molecule has 1 unspecified atom stereocenters. The topological polar surface area (TPSA) is 134 Å². The summed E-state index contributed by atoms with van der Waals surface area (Å²) in [7, 11) is 0. The molecule has 2 fully saturated rings. The van der Waals surface area contributed by atoms with Crippen LogP contribution in [0.2, 0.25) is 0 Å². The SMILES string of the molecule is NCC(=O)NCC(=O)N1CCC2(C1)NC(=O)NC2=O. The van der Waals surface area contributed by atoms with Crippen molar-refractivity contribution in [3.05, 3.63) is 0 Å². The second-order valence-corrected chi connectivity index (χ2v) is 4.54. The number of imide groups is 1. The molecule has 2 saturated heterocycles. The fourth-order valence-corrected chi connectivity index (χ4v) is 2.20. The van der Waals surface area contributed by atoms with Gasteiger partial charge in [-0.05, 0) is 6.42 Å². The lowest BCUT2D eigenvalue weighted by molar-refractivity contribution is -0.132. The Morgan fingerprint density at radius 1 is 1.42 bits per heavy atom. The average Bonchev–Trinajstić information content (AvgIpc) is 2.91. The smallest absolute Gasteiger partial charge is 0.322 e. The van der Waals surface area contributed by atoms with Crippen molar-refractivity contribution in [3.63, 3.8) is 0 Å². The highest BCUT2D eigenvalue weighted by molar-refractivity contribution is 6.07. The van der Waals surface area contributed by atoms with Crippen molar-refractivity contribution >= 4 is 23.8 Å². The van der Waals surface area contributed by atoms with Crippen LogP contribution in [-0.2, 0) is 14.4 Å². The maximum Gasteiger partial charge on any atom is 0.322 e. The van der Waals surface area contributed by atoms with Crippen LogP contribution < -0.4 is 21.7 Å². The second-order valence-electron chi connectivity index (χ2n) is 4.54. The Hall–Kier alpha value is -2.16. The van der Waals surface area contributed by atoms with Crippen molar-refractivity contribution in [2.24, 2.45) is 5.73 Å². The molecule has 0 saturated carbocycles. The van der Waals surface area contributed by atoms with Gasteiger partial charge in [-0.2, -0.15) is 0 Å². The minimum Gasteiger partial charge on any atom is -0.346 e. The van der Waals surface area contributed by atoms with Gasteiger partial charge < -0.3 is 21.3 Å². The van der Waals surface area contributed by atoms with Crippen LogP contribution in [-0.4, -0.2) is 60.4 Å². The molecule has 0 aromatic heterocycles. The van der Waals surface area contributed by atoms with Crippen LogP contribution >= 0.6 is 0 Å². The van der Waals surface area contributed by atoms with Crippen molar-refractivity contribution in [1.29, 1.82) is 0 Å². The fraction of sp³-hybridized carbons (Fsp3) is 0.600. The summed E-state index contributed by atoms with van der Waals surface area (Å²) in [4.78, 5) is 47.0. The molecule has 2 aliphatic heterocycles. The molecular weight excluding hydrogens is 254 g/mol. The molecule has 1 spiro atoms. The number of rotatable bonds is 3. The summed E-state index contributed by atoms with van der Waals surface area (Å²) in [6.45, 7) is 0.115. The van der Waals surface area contributed by atoms with Gasteiger partial charge in [-0.15, -0.1) is 0 Å². The minimum atomic E-state index is -1.02. The van der Waals surface area contributed by atoms with Crippen molar-refractivity contribution < 1.29 is 19.2 Å². The molecule has 2 heterocycles.